The van der Waals surface area contributed by atoms with E-state index in [0.717, 1.165) is 12.3 Å². The third kappa shape index (κ3) is 4.81. The molecule has 1 aliphatic carbocycles. The first-order valence-corrected chi connectivity index (χ1v) is 6.88. The van der Waals surface area contributed by atoms with Crippen LogP contribution in [0, 0.1) is 5.92 Å². The lowest BCUT2D eigenvalue weighted by atomic mass is 9.83. The van der Waals surface area contributed by atoms with Crippen molar-refractivity contribution in [2.45, 2.75) is 32.1 Å². The largest absolute Gasteiger partial charge is 0.493 e. The average molecular weight is 263 g/mol. The van der Waals surface area contributed by atoms with Gasteiger partial charge in [0.1, 0.15) is 5.75 Å². The summed E-state index contributed by atoms with van der Waals surface area (Å²) >= 11 is 0. The van der Waals surface area contributed by atoms with Crippen LogP contribution in [-0.4, -0.2) is 19.2 Å². The Morgan fingerprint density at radius 2 is 2.16 bits per heavy atom. The molecule has 19 heavy (non-hydrogen) atoms. The van der Waals surface area contributed by atoms with Crippen LogP contribution in [-0.2, 0) is 9.53 Å². The van der Waals surface area contributed by atoms with E-state index in [1.807, 2.05) is 12.1 Å². The summed E-state index contributed by atoms with van der Waals surface area (Å²) in [5.74, 6) is 1.27. The zero-order chi connectivity index (χ0) is 13.5. The molecule has 0 atom stereocenters. The Kier molecular flexibility index (Phi) is 5.07. The van der Waals surface area contributed by atoms with Gasteiger partial charge in [0.25, 0.3) is 0 Å². The van der Waals surface area contributed by atoms with E-state index in [2.05, 4.69) is 0 Å². The minimum atomic E-state index is -0.191. The Hall–Kier alpha value is -1.71. The highest BCUT2D eigenvalue weighted by Crippen LogP contribution is 2.29. The lowest BCUT2D eigenvalue weighted by Gasteiger charge is -2.24. The number of esters is 1. The minimum Gasteiger partial charge on any atom is -0.493 e. The molecule has 0 amide bonds. The van der Waals surface area contributed by atoms with Crippen molar-refractivity contribution in [3.05, 3.63) is 24.3 Å². The van der Waals surface area contributed by atoms with Crippen molar-refractivity contribution in [2.24, 2.45) is 5.92 Å². The van der Waals surface area contributed by atoms with Crippen LogP contribution in [0.25, 0.3) is 0 Å². The molecule has 4 heteroatoms. The Morgan fingerprint density at radius 3 is 2.84 bits per heavy atom. The van der Waals surface area contributed by atoms with Crippen LogP contribution in [0.3, 0.4) is 0 Å². The first-order valence-electron chi connectivity index (χ1n) is 6.88. The van der Waals surface area contributed by atoms with Gasteiger partial charge in [0.2, 0.25) is 0 Å². The number of anilines is 1. The molecule has 1 fully saturated rings. The Balaban J connectivity index is 1.55. The first-order chi connectivity index (χ1) is 9.24. The molecule has 0 spiro atoms. The molecule has 1 aromatic carbocycles. The lowest BCUT2D eigenvalue weighted by Crippen LogP contribution is -2.16. The summed E-state index contributed by atoms with van der Waals surface area (Å²) in [5.41, 5.74) is 6.28. The van der Waals surface area contributed by atoms with E-state index >= 15 is 0 Å². The minimum absolute atomic E-state index is 0.191. The van der Waals surface area contributed by atoms with Crippen molar-refractivity contribution in [3.8, 4) is 5.75 Å². The van der Waals surface area contributed by atoms with Gasteiger partial charge in [0.05, 0.1) is 19.6 Å². The number of ether oxygens (including phenoxy) is 2. The number of rotatable bonds is 7. The first kappa shape index (κ1) is 13.7. The maximum Gasteiger partial charge on any atom is 0.309 e. The van der Waals surface area contributed by atoms with Gasteiger partial charge in [0.15, 0.2) is 0 Å². The zero-order valence-electron chi connectivity index (χ0n) is 11.1. The topological polar surface area (TPSA) is 61.5 Å². The van der Waals surface area contributed by atoms with Crippen LogP contribution < -0.4 is 10.5 Å². The van der Waals surface area contributed by atoms with Crippen molar-refractivity contribution >= 4 is 11.7 Å². The Bertz CT molecular complexity index is 416. The maximum absolute atomic E-state index is 11.5. The molecular weight excluding hydrogens is 242 g/mol. The fourth-order valence-electron chi connectivity index (χ4n) is 2.05. The molecule has 2 N–H and O–H groups in total. The van der Waals surface area contributed by atoms with Gasteiger partial charge in [-0.25, -0.2) is 0 Å². The van der Waals surface area contributed by atoms with E-state index in [9.17, 15) is 4.79 Å². The molecule has 0 saturated heterocycles. The van der Waals surface area contributed by atoms with Gasteiger partial charge in [0, 0.05) is 11.8 Å². The van der Waals surface area contributed by atoms with Crippen molar-refractivity contribution in [3.63, 3.8) is 0 Å². The van der Waals surface area contributed by atoms with Crippen molar-refractivity contribution in [1.82, 2.24) is 0 Å². The molecule has 1 saturated carbocycles. The lowest BCUT2D eigenvalue weighted by molar-refractivity contribution is -0.144. The molecule has 0 heterocycles. The van der Waals surface area contributed by atoms with E-state index in [0.29, 0.717) is 24.7 Å². The monoisotopic (exact) mass is 263 g/mol. The predicted molar refractivity (Wildman–Crippen MR) is 73.9 cm³/mol. The highest BCUT2D eigenvalue weighted by molar-refractivity contribution is 5.69. The molecule has 104 valence electrons. The number of carbonyl (C=O) groups excluding carboxylic acids is 1. The third-order valence-corrected chi connectivity index (χ3v) is 3.45. The van der Waals surface area contributed by atoms with Crippen molar-refractivity contribution in [1.29, 1.82) is 0 Å². The molecule has 1 aromatic rings. The van der Waals surface area contributed by atoms with Gasteiger partial charge in [-0.1, -0.05) is 25.3 Å². The van der Waals surface area contributed by atoms with Gasteiger partial charge in [-0.3, -0.25) is 4.79 Å². The van der Waals surface area contributed by atoms with Gasteiger partial charge >= 0.3 is 5.97 Å². The van der Waals surface area contributed by atoms with Crippen LogP contribution in [0.5, 0.6) is 5.75 Å². The predicted octanol–water partition coefficient (Wildman–Crippen LogP) is 2.77. The number of hydrogen-bond acceptors (Lipinski definition) is 4. The number of nitrogen functional groups attached to an aromatic ring is 1. The summed E-state index contributed by atoms with van der Waals surface area (Å²) in [5, 5.41) is 0. The normalized spacial score (nSPS) is 14.7. The molecule has 0 aromatic heterocycles. The Morgan fingerprint density at radius 1 is 1.32 bits per heavy atom. The molecule has 1 aliphatic rings. The van der Waals surface area contributed by atoms with E-state index in [4.69, 9.17) is 15.2 Å². The van der Waals surface area contributed by atoms with Gasteiger partial charge < -0.3 is 15.2 Å². The molecule has 4 nitrogen and oxygen atoms in total. The van der Waals surface area contributed by atoms with Crippen LogP contribution >= 0.6 is 0 Å². The fraction of sp³-hybridized carbons (Fsp3) is 0.533. The Labute approximate surface area is 113 Å². The summed E-state index contributed by atoms with van der Waals surface area (Å²) < 4.78 is 10.6. The summed E-state index contributed by atoms with van der Waals surface area (Å²) in [7, 11) is 0. The van der Waals surface area contributed by atoms with Crippen LogP contribution in [0.2, 0.25) is 0 Å². The third-order valence-electron chi connectivity index (χ3n) is 3.45. The van der Waals surface area contributed by atoms with Crippen LogP contribution in [0.4, 0.5) is 5.69 Å². The smallest absolute Gasteiger partial charge is 0.309 e. The van der Waals surface area contributed by atoms with Crippen molar-refractivity contribution in [2.75, 3.05) is 18.9 Å². The maximum atomic E-state index is 11.5. The van der Waals surface area contributed by atoms with Crippen LogP contribution in [0.1, 0.15) is 32.1 Å². The molecule has 0 unspecified atom stereocenters. The summed E-state index contributed by atoms with van der Waals surface area (Å²) in [6.45, 7) is 0.869. The second-order valence-electron chi connectivity index (χ2n) is 4.98. The zero-order valence-corrected chi connectivity index (χ0v) is 11.1. The van der Waals surface area contributed by atoms with Gasteiger partial charge in [-0.2, -0.15) is 0 Å². The average Bonchev–Trinajstić information content (AvgIpc) is 2.32. The molecular formula is C15H21NO3. The summed E-state index contributed by atoms with van der Waals surface area (Å²) in [6.07, 6.45) is 5.18. The molecule has 0 radical (unpaired) electrons. The molecule has 0 aliphatic heterocycles. The van der Waals surface area contributed by atoms with E-state index < -0.39 is 0 Å². The number of benzene rings is 1. The number of hydrogen-bond donors (Lipinski definition) is 1. The summed E-state index contributed by atoms with van der Waals surface area (Å²) in [4.78, 5) is 11.5. The second-order valence-corrected chi connectivity index (χ2v) is 4.98. The van der Waals surface area contributed by atoms with Crippen LogP contribution in [0.15, 0.2) is 24.3 Å². The standard InChI is InChI=1S/C15H21NO3/c16-13-5-2-6-14(11-13)18-10-8-15(17)19-9-7-12-3-1-4-12/h2,5-6,11-12H,1,3-4,7-10,16H2. The highest BCUT2D eigenvalue weighted by Gasteiger charge is 2.17. The number of carbonyl (C=O) groups is 1. The van der Waals surface area contributed by atoms with E-state index in [1.54, 1.807) is 12.1 Å². The fourth-order valence-corrected chi connectivity index (χ4v) is 2.05. The van der Waals surface area contributed by atoms with E-state index in [1.165, 1.54) is 19.3 Å². The quantitative estimate of drug-likeness (QED) is 0.607. The van der Waals surface area contributed by atoms with Gasteiger partial charge in [-0.05, 0) is 24.5 Å². The van der Waals surface area contributed by atoms with Crippen molar-refractivity contribution < 1.29 is 14.3 Å². The molecule has 2 rings (SSSR count). The number of nitrogens with two attached hydrogens (primary N) is 1. The highest BCUT2D eigenvalue weighted by atomic mass is 16.5. The molecule has 0 bridgehead atoms. The second kappa shape index (κ2) is 7.02. The summed E-state index contributed by atoms with van der Waals surface area (Å²) in [6, 6.07) is 7.17. The SMILES string of the molecule is Nc1cccc(OCCC(=O)OCCC2CCC2)c1. The van der Waals surface area contributed by atoms with E-state index in [-0.39, 0.29) is 12.4 Å². The van der Waals surface area contributed by atoms with Gasteiger partial charge in [-0.15, -0.1) is 0 Å².